The summed E-state index contributed by atoms with van der Waals surface area (Å²) in [6.07, 6.45) is 3.04. The zero-order chi connectivity index (χ0) is 22.0. The van der Waals surface area contributed by atoms with E-state index < -0.39 is 5.97 Å². The van der Waals surface area contributed by atoms with Crippen LogP contribution in [0.25, 0.3) is 0 Å². The maximum absolute atomic E-state index is 13.2. The molecule has 0 fully saturated rings. The van der Waals surface area contributed by atoms with Crippen molar-refractivity contribution in [1.29, 1.82) is 0 Å². The van der Waals surface area contributed by atoms with E-state index in [2.05, 4.69) is 0 Å². The number of aliphatic carboxylic acids is 1. The van der Waals surface area contributed by atoms with Crippen LogP contribution < -0.4 is 9.47 Å². The molecule has 3 aromatic carbocycles. The second-order valence-corrected chi connectivity index (χ2v) is 7.71. The van der Waals surface area contributed by atoms with E-state index in [1.165, 1.54) is 12.1 Å². The summed E-state index contributed by atoms with van der Waals surface area (Å²) in [7, 11) is 0. The van der Waals surface area contributed by atoms with Crippen LogP contribution in [0, 0.1) is 12.7 Å². The molecule has 0 radical (unpaired) electrons. The molecular formula is C25H23FO5. The Morgan fingerprint density at radius 1 is 1.06 bits per heavy atom. The highest BCUT2D eigenvalue weighted by molar-refractivity contribution is 5.69. The Morgan fingerprint density at radius 2 is 1.81 bits per heavy atom. The number of phenols is 1. The number of aromatic hydroxyl groups is 1. The van der Waals surface area contributed by atoms with Crippen LogP contribution in [0.2, 0.25) is 0 Å². The molecule has 0 saturated carbocycles. The zero-order valence-electron chi connectivity index (χ0n) is 17.2. The Balaban J connectivity index is 1.61. The number of rotatable bonds is 7. The molecule has 0 bridgehead atoms. The van der Waals surface area contributed by atoms with Crippen LogP contribution in [0.3, 0.4) is 0 Å². The van der Waals surface area contributed by atoms with Gasteiger partial charge >= 0.3 is 5.97 Å². The lowest BCUT2D eigenvalue weighted by Gasteiger charge is -2.18. The number of hydrogen-bond donors (Lipinski definition) is 2. The van der Waals surface area contributed by atoms with Gasteiger partial charge < -0.3 is 19.7 Å². The summed E-state index contributed by atoms with van der Waals surface area (Å²) in [5, 5.41) is 19.2. The van der Waals surface area contributed by atoms with Crippen LogP contribution >= 0.6 is 0 Å². The van der Waals surface area contributed by atoms with Crippen LogP contribution in [-0.4, -0.2) is 22.8 Å². The Bertz CT molecular complexity index is 1120. The highest BCUT2D eigenvalue weighted by atomic mass is 19.1. The smallest absolute Gasteiger partial charge is 0.341 e. The van der Waals surface area contributed by atoms with E-state index in [0.29, 0.717) is 23.5 Å². The maximum Gasteiger partial charge on any atom is 0.341 e. The van der Waals surface area contributed by atoms with Gasteiger partial charge in [-0.1, -0.05) is 12.1 Å². The molecular weight excluding hydrogens is 399 g/mol. The quantitative estimate of drug-likeness (QED) is 0.549. The standard InChI is InChI=1S/C25H23FO5/c1-15-11-23(30-14-24(28)29)20-3-2-4-21(20)25(15)31-19-9-10-22(27)17(13-19)12-16-5-7-18(26)8-6-16/h5-11,13,27H,2-4,12,14H2,1H3,(H,28,29). The van der Waals surface area contributed by atoms with Gasteiger partial charge in [0.05, 0.1) is 0 Å². The molecule has 5 nitrogen and oxygen atoms in total. The molecule has 4 rings (SSSR count). The van der Waals surface area contributed by atoms with Gasteiger partial charge in [-0.3, -0.25) is 0 Å². The SMILES string of the molecule is Cc1cc(OCC(=O)O)c2c(c1Oc1ccc(O)c(Cc3ccc(F)cc3)c1)CCC2. The van der Waals surface area contributed by atoms with Crippen molar-refractivity contribution < 1.29 is 28.9 Å². The lowest BCUT2D eigenvalue weighted by molar-refractivity contribution is -0.139. The molecule has 3 aromatic rings. The zero-order valence-corrected chi connectivity index (χ0v) is 17.2. The van der Waals surface area contributed by atoms with Gasteiger partial charge in [-0.25, -0.2) is 9.18 Å². The van der Waals surface area contributed by atoms with E-state index >= 15 is 0 Å². The van der Waals surface area contributed by atoms with E-state index in [1.54, 1.807) is 30.3 Å². The molecule has 0 heterocycles. The van der Waals surface area contributed by atoms with Gasteiger partial charge in [0.1, 0.15) is 28.8 Å². The molecule has 0 aromatic heterocycles. The van der Waals surface area contributed by atoms with Gasteiger partial charge in [-0.05, 0) is 73.7 Å². The number of phenolic OH excluding ortho intramolecular Hbond substituents is 1. The van der Waals surface area contributed by atoms with Crippen LogP contribution in [0.4, 0.5) is 4.39 Å². The fourth-order valence-electron chi connectivity index (χ4n) is 3.97. The highest BCUT2D eigenvalue weighted by Crippen LogP contribution is 2.42. The Labute approximate surface area is 179 Å². The summed E-state index contributed by atoms with van der Waals surface area (Å²) in [6.45, 7) is 1.53. The van der Waals surface area contributed by atoms with Crippen LogP contribution in [-0.2, 0) is 24.1 Å². The van der Waals surface area contributed by atoms with E-state index in [0.717, 1.165) is 47.3 Å². The van der Waals surface area contributed by atoms with Crippen LogP contribution in [0.5, 0.6) is 23.0 Å². The summed E-state index contributed by atoms with van der Waals surface area (Å²) in [5.41, 5.74) is 4.44. The van der Waals surface area contributed by atoms with Crippen LogP contribution in [0.15, 0.2) is 48.5 Å². The van der Waals surface area contributed by atoms with Crippen molar-refractivity contribution in [3.05, 3.63) is 82.2 Å². The maximum atomic E-state index is 13.2. The van der Waals surface area contributed by atoms with Crippen molar-refractivity contribution in [2.75, 3.05) is 6.61 Å². The fraction of sp³-hybridized carbons (Fsp3) is 0.240. The number of carboxylic acids is 1. The van der Waals surface area contributed by atoms with Crippen molar-refractivity contribution in [3.63, 3.8) is 0 Å². The van der Waals surface area contributed by atoms with Crippen molar-refractivity contribution in [3.8, 4) is 23.0 Å². The van der Waals surface area contributed by atoms with Gasteiger partial charge in [0.25, 0.3) is 0 Å². The lowest BCUT2D eigenvalue weighted by atomic mass is 10.0. The molecule has 160 valence electrons. The Hall–Kier alpha value is -3.54. The summed E-state index contributed by atoms with van der Waals surface area (Å²) in [4.78, 5) is 10.9. The largest absolute Gasteiger partial charge is 0.508 e. The second-order valence-electron chi connectivity index (χ2n) is 7.71. The average molecular weight is 422 g/mol. The minimum atomic E-state index is -1.01. The van der Waals surface area contributed by atoms with E-state index in [1.807, 2.05) is 13.0 Å². The molecule has 6 heteroatoms. The number of benzene rings is 3. The first-order valence-electron chi connectivity index (χ1n) is 10.1. The summed E-state index contributed by atoms with van der Waals surface area (Å²) >= 11 is 0. The third-order valence-electron chi connectivity index (χ3n) is 5.42. The van der Waals surface area contributed by atoms with Crippen molar-refractivity contribution >= 4 is 5.97 Å². The molecule has 0 saturated heterocycles. The third-order valence-corrected chi connectivity index (χ3v) is 5.42. The molecule has 31 heavy (non-hydrogen) atoms. The van der Waals surface area contributed by atoms with E-state index in [4.69, 9.17) is 14.6 Å². The Morgan fingerprint density at radius 3 is 2.55 bits per heavy atom. The first kappa shape index (κ1) is 20.7. The Kier molecular flexibility index (Phi) is 5.80. The number of fused-ring (bicyclic) bond motifs is 1. The topological polar surface area (TPSA) is 76.0 Å². The molecule has 2 N–H and O–H groups in total. The average Bonchev–Trinajstić information content (AvgIpc) is 3.22. The van der Waals surface area contributed by atoms with Gasteiger partial charge in [0.2, 0.25) is 0 Å². The number of ether oxygens (including phenoxy) is 2. The molecule has 1 aliphatic carbocycles. The minimum Gasteiger partial charge on any atom is -0.508 e. The monoisotopic (exact) mass is 422 g/mol. The first-order valence-corrected chi connectivity index (χ1v) is 10.1. The third kappa shape index (κ3) is 4.63. The van der Waals surface area contributed by atoms with Gasteiger partial charge in [-0.2, -0.15) is 0 Å². The highest BCUT2D eigenvalue weighted by Gasteiger charge is 2.23. The van der Waals surface area contributed by atoms with Gasteiger partial charge in [-0.15, -0.1) is 0 Å². The molecule has 1 aliphatic rings. The molecule has 0 amide bonds. The molecule has 0 aliphatic heterocycles. The number of aryl methyl sites for hydroxylation is 1. The van der Waals surface area contributed by atoms with E-state index in [-0.39, 0.29) is 18.2 Å². The summed E-state index contributed by atoms with van der Waals surface area (Å²) in [5.74, 6) is 0.770. The predicted octanol–water partition coefficient (Wildman–Crippen LogP) is 5.17. The summed E-state index contributed by atoms with van der Waals surface area (Å²) < 4.78 is 24.9. The molecule has 0 atom stereocenters. The fourth-order valence-corrected chi connectivity index (χ4v) is 3.97. The van der Waals surface area contributed by atoms with Gasteiger partial charge in [0.15, 0.2) is 6.61 Å². The lowest BCUT2D eigenvalue weighted by Crippen LogP contribution is -2.11. The van der Waals surface area contributed by atoms with Crippen molar-refractivity contribution in [2.24, 2.45) is 0 Å². The van der Waals surface area contributed by atoms with Crippen LogP contribution in [0.1, 0.15) is 34.2 Å². The number of hydrogen-bond acceptors (Lipinski definition) is 4. The normalized spacial score (nSPS) is 12.5. The second kappa shape index (κ2) is 8.68. The van der Waals surface area contributed by atoms with Crippen molar-refractivity contribution in [2.45, 2.75) is 32.6 Å². The van der Waals surface area contributed by atoms with Gasteiger partial charge in [0, 0.05) is 23.1 Å². The summed E-state index contributed by atoms with van der Waals surface area (Å²) in [6, 6.07) is 13.1. The molecule has 0 spiro atoms. The number of carboxylic acid groups (broad SMARTS) is 1. The molecule has 0 unspecified atom stereocenters. The van der Waals surface area contributed by atoms with Crippen molar-refractivity contribution in [1.82, 2.24) is 0 Å². The minimum absolute atomic E-state index is 0.149. The number of halogens is 1. The first-order chi connectivity index (χ1) is 14.9. The number of carbonyl (C=O) groups is 1. The van der Waals surface area contributed by atoms with E-state index in [9.17, 15) is 14.3 Å². The predicted molar refractivity (Wildman–Crippen MR) is 114 cm³/mol.